The maximum atomic E-state index is 12.9. The van der Waals surface area contributed by atoms with Crippen molar-refractivity contribution in [3.05, 3.63) is 52.8 Å². The molecule has 4 heterocycles. The second-order valence-corrected chi connectivity index (χ2v) is 9.42. The van der Waals surface area contributed by atoms with E-state index in [1.54, 1.807) is 25.3 Å². The number of amides is 1. The minimum Gasteiger partial charge on any atom is -0.496 e. The summed E-state index contributed by atoms with van der Waals surface area (Å²) in [7, 11) is 7.58. The smallest absolute Gasteiger partial charge is 0.261 e. The molecule has 9 heteroatoms. The molecule has 5 rings (SSSR count). The molecule has 1 aromatic carbocycles. The van der Waals surface area contributed by atoms with Crippen LogP contribution in [0, 0.1) is 0 Å². The summed E-state index contributed by atoms with van der Waals surface area (Å²) >= 11 is 1.54. The molecular weight excluding hydrogens is 436 g/mol. The third kappa shape index (κ3) is 3.91. The largest absolute Gasteiger partial charge is 0.496 e. The van der Waals surface area contributed by atoms with Crippen molar-refractivity contribution < 1.29 is 9.53 Å². The SMILES string of the molecule is COc1cc(N2CCN(C)CC2)ccc1Cc1ncc2c(n1)N(C)c1sccc1C(=O)N2C. The molecule has 172 valence electrons. The number of likely N-dealkylation sites (N-methyl/N-ethyl adjacent to an activating group) is 1. The van der Waals surface area contributed by atoms with Crippen LogP contribution in [-0.4, -0.2) is 75.2 Å². The summed E-state index contributed by atoms with van der Waals surface area (Å²) in [4.78, 5) is 30.7. The van der Waals surface area contributed by atoms with Crippen LogP contribution >= 0.6 is 11.3 Å². The van der Waals surface area contributed by atoms with Gasteiger partial charge in [-0.3, -0.25) is 4.79 Å². The lowest BCUT2D eigenvalue weighted by molar-refractivity contribution is 0.0994. The van der Waals surface area contributed by atoms with Crippen LogP contribution < -0.4 is 19.4 Å². The Balaban J connectivity index is 1.44. The number of rotatable bonds is 4. The zero-order valence-electron chi connectivity index (χ0n) is 19.4. The van der Waals surface area contributed by atoms with Crippen LogP contribution in [0.3, 0.4) is 0 Å². The number of anilines is 4. The standard InChI is InChI=1S/C24H28N6O2S/c1-27-8-10-30(11-9-27)17-6-5-16(20(14-17)32-4)13-21-25-15-19-22(26-21)29(3)24-18(7-12-33-24)23(31)28(19)2/h5-7,12,14-15H,8-11,13H2,1-4H3. The van der Waals surface area contributed by atoms with Crippen molar-refractivity contribution in [2.75, 3.05) is 69.1 Å². The van der Waals surface area contributed by atoms with Gasteiger partial charge in [0.2, 0.25) is 0 Å². The number of aromatic nitrogens is 2. The third-order valence-corrected chi connectivity index (χ3v) is 7.44. The molecule has 1 saturated heterocycles. The quantitative estimate of drug-likeness (QED) is 0.587. The Morgan fingerprint density at radius 2 is 1.85 bits per heavy atom. The number of benzene rings is 1. The number of thiophene rings is 1. The summed E-state index contributed by atoms with van der Waals surface area (Å²) in [5.74, 6) is 2.21. The van der Waals surface area contributed by atoms with E-state index in [0.717, 1.165) is 48.3 Å². The fourth-order valence-electron chi connectivity index (χ4n) is 4.39. The Kier molecular flexibility index (Phi) is 5.67. The summed E-state index contributed by atoms with van der Waals surface area (Å²) in [5, 5.41) is 2.83. The molecule has 2 aliphatic rings. The van der Waals surface area contributed by atoms with E-state index < -0.39 is 0 Å². The molecular formula is C24H28N6O2S. The summed E-state index contributed by atoms with van der Waals surface area (Å²) < 4.78 is 5.74. The zero-order chi connectivity index (χ0) is 23.1. The Morgan fingerprint density at radius 3 is 2.61 bits per heavy atom. The summed E-state index contributed by atoms with van der Waals surface area (Å²) in [6.07, 6.45) is 2.29. The highest BCUT2D eigenvalue weighted by atomic mass is 32.1. The molecule has 33 heavy (non-hydrogen) atoms. The third-order valence-electron chi connectivity index (χ3n) is 6.45. The van der Waals surface area contributed by atoms with E-state index in [2.05, 4.69) is 40.0 Å². The van der Waals surface area contributed by atoms with Crippen LogP contribution in [0.15, 0.2) is 35.8 Å². The van der Waals surface area contributed by atoms with Crippen LogP contribution in [0.1, 0.15) is 21.7 Å². The molecule has 0 radical (unpaired) electrons. The lowest BCUT2D eigenvalue weighted by atomic mass is 10.1. The van der Waals surface area contributed by atoms with Gasteiger partial charge in [0.1, 0.15) is 22.3 Å². The fourth-order valence-corrected chi connectivity index (χ4v) is 5.25. The van der Waals surface area contributed by atoms with Crippen molar-refractivity contribution in [1.29, 1.82) is 0 Å². The van der Waals surface area contributed by atoms with Crippen LogP contribution in [0.4, 0.5) is 22.2 Å². The average Bonchev–Trinajstić information content (AvgIpc) is 3.31. The minimum absolute atomic E-state index is 0.0469. The molecule has 1 fully saturated rings. The molecule has 0 atom stereocenters. The molecule has 0 N–H and O–H groups in total. The molecule has 0 bridgehead atoms. The molecule has 0 unspecified atom stereocenters. The van der Waals surface area contributed by atoms with Crippen LogP contribution in [0.5, 0.6) is 5.75 Å². The number of carbonyl (C=O) groups is 1. The molecule has 3 aromatic rings. The number of fused-ring (bicyclic) bond motifs is 2. The first kappa shape index (κ1) is 21.7. The molecule has 0 aliphatic carbocycles. The number of carbonyl (C=O) groups excluding carboxylic acids is 1. The van der Waals surface area contributed by atoms with Gasteiger partial charge in [-0.2, -0.15) is 0 Å². The second kappa shape index (κ2) is 8.64. The fraction of sp³-hybridized carbons (Fsp3) is 0.375. The Morgan fingerprint density at radius 1 is 1.06 bits per heavy atom. The zero-order valence-corrected chi connectivity index (χ0v) is 20.2. The Labute approximate surface area is 198 Å². The van der Waals surface area contributed by atoms with E-state index in [-0.39, 0.29) is 5.91 Å². The predicted octanol–water partition coefficient (Wildman–Crippen LogP) is 3.25. The van der Waals surface area contributed by atoms with Gasteiger partial charge in [0.25, 0.3) is 5.91 Å². The summed E-state index contributed by atoms with van der Waals surface area (Å²) in [5.41, 5.74) is 3.60. The van der Waals surface area contributed by atoms with Crippen LogP contribution in [0.2, 0.25) is 0 Å². The van der Waals surface area contributed by atoms with Gasteiger partial charge < -0.3 is 24.3 Å². The van der Waals surface area contributed by atoms with Crippen LogP contribution in [-0.2, 0) is 6.42 Å². The van der Waals surface area contributed by atoms with Gasteiger partial charge in [0.05, 0.1) is 18.9 Å². The van der Waals surface area contributed by atoms with E-state index in [1.165, 1.54) is 17.0 Å². The highest BCUT2D eigenvalue weighted by Crippen LogP contribution is 2.40. The van der Waals surface area contributed by atoms with E-state index in [1.807, 2.05) is 23.4 Å². The highest BCUT2D eigenvalue weighted by molar-refractivity contribution is 7.14. The maximum Gasteiger partial charge on any atom is 0.261 e. The number of hydrogen-bond acceptors (Lipinski definition) is 8. The summed E-state index contributed by atoms with van der Waals surface area (Å²) in [6.45, 7) is 4.14. The van der Waals surface area contributed by atoms with Crippen molar-refractivity contribution >= 4 is 39.4 Å². The molecule has 1 amide bonds. The van der Waals surface area contributed by atoms with Gasteiger partial charge in [-0.25, -0.2) is 9.97 Å². The summed E-state index contributed by atoms with van der Waals surface area (Å²) in [6, 6.07) is 8.24. The molecule has 2 aliphatic heterocycles. The number of ether oxygens (including phenoxy) is 1. The first-order chi connectivity index (χ1) is 16.0. The molecule has 0 saturated carbocycles. The van der Waals surface area contributed by atoms with Gasteiger partial charge in [0, 0.05) is 64.0 Å². The Bertz CT molecular complexity index is 1190. The van der Waals surface area contributed by atoms with Crippen molar-refractivity contribution in [1.82, 2.24) is 14.9 Å². The van der Waals surface area contributed by atoms with E-state index in [9.17, 15) is 4.79 Å². The van der Waals surface area contributed by atoms with Gasteiger partial charge in [-0.15, -0.1) is 11.3 Å². The topological polar surface area (TPSA) is 65.0 Å². The Hall–Kier alpha value is -3.17. The van der Waals surface area contributed by atoms with Crippen molar-refractivity contribution in [2.45, 2.75) is 6.42 Å². The monoisotopic (exact) mass is 464 g/mol. The highest BCUT2D eigenvalue weighted by Gasteiger charge is 2.30. The maximum absolute atomic E-state index is 12.9. The van der Waals surface area contributed by atoms with Gasteiger partial charge in [-0.1, -0.05) is 6.07 Å². The van der Waals surface area contributed by atoms with Crippen molar-refractivity contribution in [2.24, 2.45) is 0 Å². The molecule has 0 spiro atoms. The van der Waals surface area contributed by atoms with Gasteiger partial charge >= 0.3 is 0 Å². The number of hydrogen-bond donors (Lipinski definition) is 0. The molecule has 8 nitrogen and oxygen atoms in total. The normalized spacial score (nSPS) is 16.5. The van der Waals surface area contributed by atoms with Crippen molar-refractivity contribution in [3.8, 4) is 5.75 Å². The average molecular weight is 465 g/mol. The van der Waals surface area contributed by atoms with E-state index in [4.69, 9.17) is 9.72 Å². The van der Waals surface area contributed by atoms with Gasteiger partial charge in [-0.05, 0) is 24.6 Å². The van der Waals surface area contributed by atoms with E-state index >= 15 is 0 Å². The van der Waals surface area contributed by atoms with Gasteiger partial charge in [0.15, 0.2) is 5.82 Å². The number of nitrogens with zero attached hydrogens (tertiary/aromatic N) is 6. The minimum atomic E-state index is -0.0469. The lowest BCUT2D eigenvalue weighted by Crippen LogP contribution is -2.44. The van der Waals surface area contributed by atoms with E-state index in [0.29, 0.717) is 23.5 Å². The first-order valence-electron chi connectivity index (χ1n) is 11.0. The second-order valence-electron chi connectivity index (χ2n) is 8.52. The lowest BCUT2D eigenvalue weighted by Gasteiger charge is -2.34. The van der Waals surface area contributed by atoms with Crippen molar-refractivity contribution in [3.63, 3.8) is 0 Å². The number of methoxy groups -OCH3 is 1. The first-order valence-corrected chi connectivity index (χ1v) is 11.9. The molecule has 2 aromatic heterocycles. The predicted molar refractivity (Wildman–Crippen MR) is 133 cm³/mol. The number of piperazine rings is 1. The van der Waals surface area contributed by atoms with Crippen LogP contribution in [0.25, 0.3) is 0 Å².